The van der Waals surface area contributed by atoms with E-state index in [0.29, 0.717) is 30.1 Å². The number of fused-ring (bicyclic) bond motifs is 1. The monoisotopic (exact) mass is 373 g/mol. The first-order valence-electron chi connectivity index (χ1n) is 9.11. The standard InChI is InChI=1S/C24H20FNO2/c1-27-22-12-11-18-13-14-26-21(15-19-9-5-6-10-20(19)25)23(18)24(22)28-16-17-7-3-2-4-8-17/h2-14H,15-16H2,1H3. The van der Waals surface area contributed by atoms with Gasteiger partial charge in [0.25, 0.3) is 0 Å². The molecule has 0 amide bonds. The van der Waals surface area contributed by atoms with E-state index in [0.717, 1.165) is 22.0 Å². The minimum atomic E-state index is -0.240. The topological polar surface area (TPSA) is 31.4 Å². The molecule has 0 N–H and O–H groups in total. The van der Waals surface area contributed by atoms with Crippen molar-refractivity contribution in [1.29, 1.82) is 0 Å². The molecule has 0 saturated heterocycles. The molecule has 1 heterocycles. The molecule has 3 nitrogen and oxygen atoms in total. The molecule has 0 spiro atoms. The van der Waals surface area contributed by atoms with Gasteiger partial charge in [-0.05, 0) is 34.7 Å². The molecule has 0 aliphatic rings. The number of aromatic nitrogens is 1. The maximum absolute atomic E-state index is 14.2. The van der Waals surface area contributed by atoms with Crippen molar-refractivity contribution in [3.8, 4) is 11.5 Å². The highest BCUT2D eigenvalue weighted by atomic mass is 19.1. The molecule has 0 unspecified atom stereocenters. The Morgan fingerprint density at radius 3 is 2.46 bits per heavy atom. The van der Waals surface area contributed by atoms with E-state index in [1.807, 2.05) is 54.6 Å². The van der Waals surface area contributed by atoms with E-state index >= 15 is 0 Å². The van der Waals surface area contributed by atoms with Crippen molar-refractivity contribution in [1.82, 2.24) is 4.98 Å². The van der Waals surface area contributed by atoms with E-state index in [1.165, 1.54) is 6.07 Å². The van der Waals surface area contributed by atoms with Gasteiger partial charge in [0, 0.05) is 18.0 Å². The Hall–Kier alpha value is -3.40. The maximum atomic E-state index is 14.2. The lowest BCUT2D eigenvalue weighted by molar-refractivity contribution is 0.288. The van der Waals surface area contributed by atoms with Crippen LogP contribution < -0.4 is 9.47 Å². The van der Waals surface area contributed by atoms with Gasteiger partial charge in [-0.1, -0.05) is 54.6 Å². The third-order valence-electron chi connectivity index (χ3n) is 4.69. The summed E-state index contributed by atoms with van der Waals surface area (Å²) < 4.78 is 25.9. The van der Waals surface area contributed by atoms with Crippen molar-refractivity contribution in [3.05, 3.63) is 102 Å². The Morgan fingerprint density at radius 1 is 0.893 bits per heavy atom. The van der Waals surface area contributed by atoms with Gasteiger partial charge in [0.1, 0.15) is 12.4 Å². The Kier molecular flexibility index (Phi) is 5.20. The summed E-state index contributed by atoms with van der Waals surface area (Å²) in [6, 6.07) is 22.5. The number of nitrogens with zero attached hydrogens (tertiary/aromatic N) is 1. The molecule has 0 bridgehead atoms. The molecule has 0 atom stereocenters. The summed E-state index contributed by atoms with van der Waals surface area (Å²) in [5.41, 5.74) is 2.41. The molecule has 4 aromatic rings. The highest BCUT2D eigenvalue weighted by Gasteiger charge is 2.16. The molecule has 0 radical (unpaired) electrons. The Labute approximate surface area is 163 Å². The molecule has 4 rings (SSSR count). The van der Waals surface area contributed by atoms with Gasteiger partial charge >= 0.3 is 0 Å². The van der Waals surface area contributed by atoms with Crippen LogP contribution in [0.5, 0.6) is 11.5 Å². The first kappa shape index (κ1) is 18.0. The zero-order chi connectivity index (χ0) is 19.3. The summed E-state index contributed by atoms with van der Waals surface area (Å²) in [6.45, 7) is 0.407. The molecular weight excluding hydrogens is 353 g/mol. The van der Waals surface area contributed by atoms with Crippen molar-refractivity contribution in [2.24, 2.45) is 0 Å². The van der Waals surface area contributed by atoms with Crippen LogP contribution >= 0.6 is 0 Å². The molecule has 3 aromatic carbocycles. The largest absolute Gasteiger partial charge is 0.493 e. The van der Waals surface area contributed by atoms with E-state index in [9.17, 15) is 4.39 Å². The lowest BCUT2D eigenvalue weighted by Crippen LogP contribution is -2.02. The average Bonchev–Trinajstić information content (AvgIpc) is 2.74. The van der Waals surface area contributed by atoms with Crippen LogP contribution in [0.25, 0.3) is 10.8 Å². The summed E-state index contributed by atoms with van der Waals surface area (Å²) in [5, 5.41) is 1.83. The van der Waals surface area contributed by atoms with Crippen LogP contribution in [0.1, 0.15) is 16.8 Å². The number of benzene rings is 3. The van der Waals surface area contributed by atoms with Crippen LogP contribution in [0, 0.1) is 5.82 Å². The molecule has 0 aliphatic heterocycles. The van der Waals surface area contributed by atoms with Crippen molar-refractivity contribution in [2.75, 3.05) is 7.11 Å². The van der Waals surface area contributed by atoms with Gasteiger partial charge in [0.15, 0.2) is 11.5 Å². The fraction of sp³-hybridized carbons (Fsp3) is 0.125. The number of hydrogen-bond acceptors (Lipinski definition) is 3. The highest BCUT2D eigenvalue weighted by Crippen LogP contribution is 2.38. The Bertz CT molecular complexity index is 1100. The molecule has 0 saturated carbocycles. The van der Waals surface area contributed by atoms with Gasteiger partial charge in [0.2, 0.25) is 0 Å². The van der Waals surface area contributed by atoms with Crippen molar-refractivity contribution < 1.29 is 13.9 Å². The summed E-state index contributed by atoms with van der Waals surface area (Å²) in [4.78, 5) is 4.53. The average molecular weight is 373 g/mol. The smallest absolute Gasteiger partial charge is 0.171 e. The zero-order valence-electron chi connectivity index (χ0n) is 15.6. The number of pyridine rings is 1. The van der Waals surface area contributed by atoms with Gasteiger partial charge in [-0.3, -0.25) is 4.98 Å². The first-order valence-corrected chi connectivity index (χ1v) is 9.11. The number of rotatable bonds is 6. The molecule has 1 aromatic heterocycles. The van der Waals surface area contributed by atoms with Gasteiger partial charge in [0.05, 0.1) is 12.8 Å². The first-order chi connectivity index (χ1) is 13.8. The van der Waals surface area contributed by atoms with Crippen LogP contribution in [0.15, 0.2) is 79.0 Å². The van der Waals surface area contributed by atoms with Gasteiger partial charge in [-0.2, -0.15) is 0 Å². The maximum Gasteiger partial charge on any atom is 0.171 e. The predicted molar refractivity (Wildman–Crippen MR) is 108 cm³/mol. The SMILES string of the molecule is COc1ccc2ccnc(Cc3ccccc3F)c2c1OCc1ccccc1. The third kappa shape index (κ3) is 3.67. The van der Waals surface area contributed by atoms with Crippen molar-refractivity contribution in [2.45, 2.75) is 13.0 Å². The van der Waals surface area contributed by atoms with Crippen LogP contribution in [0.4, 0.5) is 4.39 Å². The minimum Gasteiger partial charge on any atom is -0.493 e. The highest BCUT2D eigenvalue weighted by molar-refractivity contribution is 5.92. The summed E-state index contributed by atoms with van der Waals surface area (Å²) >= 11 is 0. The number of ether oxygens (including phenoxy) is 2. The Balaban J connectivity index is 1.79. The molecule has 140 valence electrons. The van der Waals surface area contributed by atoms with Crippen molar-refractivity contribution >= 4 is 10.8 Å². The van der Waals surface area contributed by atoms with E-state index in [4.69, 9.17) is 9.47 Å². The minimum absolute atomic E-state index is 0.240. The van der Waals surface area contributed by atoms with Gasteiger partial charge in [-0.25, -0.2) is 4.39 Å². The number of halogens is 1. The fourth-order valence-electron chi connectivity index (χ4n) is 3.28. The summed E-state index contributed by atoms with van der Waals surface area (Å²) in [5.74, 6) is 1.02. The summed E-state index contributed by atoms with van der Waals surface area (Å²) in [6.07, 6.45) is 2.12. The predicted octanol–water partition coefficient (Wildman–Crippen LogP) is 5.55. The van der Waals surface area contributed by atoms with E-state index in [-0.39, 0.29) is 5.82 Å². The lowest BCUT2D eigenvalue weighted by Gasteiger charge is -2.16. The normalized spacial score (nSPS) is 10.8. The molecule has 0 aliphatic carbocycles. The number of methoxy groups -OCH3 is 1. The van der Waals surface area contributed by atoms with E-state index in [1.54, 1.807) is 25.4 Å². The second-order valence-corrected chi connectivity index (χ2v) is 6.50. The number of hydrogen-bond donors (Lipinski definition) is 0. The van der Waals surface area contributed by atoms with Crippen molar-refractivity contribution in [3.63, 3.8) is 0 Å². The van der Waals surface area contributed by atoms with Crippen LogP contribution in [-0.4, -0.2) is 12.1 Å². The zero-order valence-corrected chi connectivity index (χ0v) is 15.6. The van der Waals surface area contributed by atoms with Gasteiger partial charge < -0.3 is 9.47 Å². The quantitative estimate of drug-likeness (QED) is 0.444. The molecule has 4 heteroatoms. The van der Waals surface area contributed by atoms with Crippen LogP contribution in [0.3, 0.4) is 0 Å². The second kappa shape index (κ2) is 8.09. The molecular formula is C24H20FNO2. The van der Waals surface area contributed by atoms with E-state index < -0.39 is 0 Å². The molecule has 28 heavy (non-hydrogen) atoms. The van der Waals surface area contributed by atoms with E-state index in [2.05, 4.69) is 4.98 Å². The summed E-state index contributed by atoms with van der Waals surface area (Å²) in [7, 11) is 1.61. The van der Waals surface area contributed by atoms with Gasteiger partial charge in [-0.15, -0.1) is 0 Å². The van der Waals surface area contributed by atoms with Crippen LogP contribution in [-0.2, 0) is 13.0 Å². The molecule has 0 fully saturated rings. The third-order valence-corrected chi connectivity index (χ3v) is 4.69. The second-order valence-electron chi connectivity index (χ2n) is 6.50. The van der Waals surface area contributed by atoms with Crippen LogP contribution in [0.2, 0.25) is 0 Å². The Morgan fingerprint density at radius 2 is 1.68 bits per heavy atom. The lowest BCUT2D eigenvalue weighted by atomic mass is 10.0. The fourth-order valence-corrected chi connectivity index (χ4v) is 3.28.